The number of nitrogens with zero attached hydrogens (tertiary/aromatic N) is 2. The lowest BCUT2D eigenvalue weighted by Crippen LogP contribution is -2.25. The lowest BCUT2D eigenvalue weighted by molar-refractivity contribution is -0.428. The molecule has 0 atom stereocenters. The van der Waals surface area contributed by atoms with Gasteiger partial charge in [0.25, 0.3) is 5.70 Å². The monoisotopic (exact) mass is 188 g/mol. The Bertz CT molecular complexity index is 283. The third-order valence-corrected chi connectivity index (χ3v) is 2.16. The first-order valence-corrected chi connectivity index (χ1v) is 3.82. The normalized spacial score (nSPS) is 17.9. The van der Waals surface area contributed by atoms with Crippen molar-refractivity contribution in [2.75, 3.05) is 13.6 Å². The van der Waals surface area contributed by atoms with Gasteiger partial charge in [-0.05, 0) is 13.0 Å². The summed E-state index contributed by atoms with van der Waals surface area (Å²) in [6.45, 7) is 1.96. The van der Waals surface area contributed by atoms with Crippen molar-refractivity contribution in [2.24, 2.45) is 0 Å². The molecule has 0 saturated carbocycles. The molecule has 1 rings (SSSR count). The molecule has 0 aromatic rings. The topological polar surface area (TPSA) is 46.4 Å². The standard InChI is InChI=1S/C7H9ClN2O2/c1-5-3-7(8)9(2)4-6(5)10(11)12/h3H,4H2,1-2H3. The molecular formula is C7H9ClN2O2. The highest BCUT2D eigenvalue weighted by Gasteiger charge is 2.22. The van der Waals surface area contributed by atoms with Crippen LogP contribution < -0.4 is 0 Å². The Hall–Kier alpha value is -1.03. The zero-order valence-corrected chi connectivity index (χ0v) is 7.63. The van der Waals surface area contributed by atoms with E-state index in [0.717, 1.165) is 0 Å². The molecule has 66 valence electrons. The van der Waals surface area contributed by atoms with Gasteiger partial charge in [0.1, 0.15) is 11.7 Å². The van der Waals surface area contributed by atoms with Crippen LogP contribution >= 0.6 is 11.6 Å². The second-order valence-electron chi connectivity index (χ2n) is 2.71. The maximum Gasteiger partial charge on any atom is 0.268 e. The van der Waals surface area contributed by atoms with Gasteiger partial charge < -0.3 is 4.90 Å². The Morgan fingerprint density at radius 1 is 1.75 bits per heavy atom. The molecule has 0 aromatic carbocycles. The van der Waals surface area contributed by atoms with Crippen molar-refractivity contribution < 1.29 is 4.92 Å². The van der Waals surface area contributed by atoms with E-state index in [1.165, 1.54) is 0 Å². The van der Waals surface area contributed by atoms with Crippen LogP contribution in [0.5, 0.6) is 0 Å². The molecule has 0 spiro atoms. The van der Waals surface area contributed by atoms with E-state index in [9.17, 15) is 10.1 Å². The van der Waals surface area contributed by atoms with Crippen LogP contribution in [0.25, 0.3) is 0 Å². The third-order valence-electron chi connectivity index (χ3n) is 1.76. The lowest BCUT2D eigenvalue weighted by Gasteiger charge is -2.20. The highest BCUT2D eigenvalue weighted by molar-refractivity contribution is 6.29. The molecule has 0 saturated heterocycles. The van der Waals surface area contributed by atoms with Gasteiger partial charge in [-0.3, -0.25) is 10.1 Å². The van der Waals surface area contributed by atoms with Gasteiger partial charge in [-0.2, -0.15) is 0 Å². The fourth-order valence-electron chi connectivity index (χ4n) is 0.999. The van der Waals surface area contributed by atoms with E-state index < -0.39 is 0 Å². The van der Waals surface area contributed by atoms with E-state index in [1.807, 2.05) is 0 Å². The zero-order chi connectivity index (χ0) is 9.30. The minimum Gasteiger partial charge on any atom is -0.355 e. The first-order chi connectivity index (χ1) is 5.52. The van der Waals surface area contributed by atoms with Crippen LogP contribution in [0.4, 0.5) is 0 Å². The largest absolute Gasteiger partial charge is 0.355 e. The molecule has 0 aliphatic carbocycles. The summed E-state index contributed by atoms with van der Waals surface area (Å²) in [4.78, 5) is 11.7. The molecule has 0 fully saturated rings. The summed E-state index contributed by atoms with van der Waals surface area (Å²) in [5, 5.41) is 11.0. The van der Waals surface area contributed by atoms with E-state index in [2.05, 4.69) is 0 Å². The Balaban J connectivity index is 3.01. The molecule has 0 radical (unpaired) electrons. The predicted octanol–water partition coefficient (Wildman–Crippen LogP) is 1.56. The van der Waals surface area contributed by atoms with Crippen molar-refractivity contribution in [1.29, 1.82) is 0 Å². The zero-order valence-electron chi connectivity index (χ0n) is 6.87. The molecule has 1 aliphatic heterocycles. The summed E-state index contributed by atoms with van der Waals surface area (Å²) in [7, 11) is 1.72. The van der Waals surface area contributed by atoms with E-state index >= 15 is 0 Å². The number of hydrogen-bond donors (Lipinski definition) is 0. The van der Waals surface area contributed by atoms with Gasteiger partial charge in [0.2, 0.25) is 0 Å². The Labute approximate surface area is 75.3 Å². The minimum absolute atomic E-state index is 0.210. The Morgan fingerprint density at radius 2 is 2.33 bits per heavy atom. The minimum atomic E-state index is -0.369. The second-order valence-corrected chi connectivity index (χ2v) is 3.10. The molecule has 0 aromatic heterocycles. The van der Waals surface area contributed by atoms with Crippen molar-refractivity contribution in [2.45, 2.75) is 6.92 Å². The molecule has 0 bridgehead atoms. The van der Waals surface area contributed by atoms with Gasteiger partial charge in [0.05, 0.1) is 4.92 Å². The number of hydrogen-bond acceptors (Lipinski definition) is 3. The summed E-state index contributed by atoms with van der Waals surface area (Å²) in [6.07, 6.45) is 1.60. The fraction of sp³-hybridized carbons (Fsp3) is 0.429. The van der Waals surface area contributed by atoms with Crippen molar-refractivity contribution in [3.8, 4) is 0 Å². The maximum absolute atomic E-state index is 10.5. The van der Waals surface area contributed by atoms with Crippen molar-refractivity contribution in [3.05, 3.63) is 32.6 Å². The lowest BCUT2D eigenvalue weighted by atomic mass is 10.2. The SMILES string of the molecule is CC1=C([N+](=O)[O-])CN(C)C(Cl)=C1. The molecular weight excluding hydrogens is 180 g/mol. The smallest absolute Gasteiger partial charge is 0.268 e. The summed E-state index contributed by atoms with van der Waals surface area (Å²) in [5.41, 5.74) is 0.838. The predicted molar refractivity (Wildman–Crippen MR) is 46.3 cm³/mol. The molecule has 1 heterocycles. The van der Waals surface area contributed by atoms with E-state index in [0.29, 0.717) is 10.7 Å². The quantitative estimate of drug-likeness (QED) is 0.357. The fourth-order valence-corrected chi connectivity index (χ4v) is 1.22. The highest BCUT2D eigenvalue weighted by Crippen LogP contribution is 2.21. The summed E-state index contributed by atoms with van der Waals surface area (Å²) < 4.78 is 0. The van der Waals surface area contributed by atoms with Gasteiger partial charge in [-0.1, -0.05) is 11.6 Å². The average molecular weight is 189 g/mol. The number of allylic oxidation sites excluding steroid dienone is 2. The van der Waals surface area contributed by atoms with E-state index in [1.54, 1.807) is 24.9 Å². The van der Waals surface area contributed by atoms with E-state index in [4.69, 9.17) is 11.6 Å². The first kappa shape index (κ1) is 9.06. The van der Waals surface area contributed by atoms with Crippen LogP contribution in [0.15, 0.2) is 22.5 Å². The van der Waals surface area contributed by atoms with Crippen LogP contribution in [-0.2, 0) is 0 Å². The van der Waals surface area contributed by atoms with Gasteiger partial charge >= 0.3 is 0 Å². The summed E-state index contributed by atoms with van der Waals surface area (Å²) in [5.74, 6) is 0. The molecule has 0 N–H and O–H groups in total. The molecule has 0 amide bonds. The average Bonchev–Trinajstić information content (AvgIpc) is 1.96. The Kier molecular flexibility index (Phi) is 2.38. The highest BCUT2D eigenvalue weighted by atomic mass is 35.5. The Morgan fingerprint density at radius 3 is 2.83 bits per heavy atom. The summed E-state index contributed by atoms with van der Waals surface area (Å²) >= 11 is 5.76. The molecule has 1 aliphatic rings. The van der Waals surface area contributed by atoms with Crippen LogP contribution in [0.1, 0.15) is 6.92 Å². The van der Waals surface area contributed by atoms with Gasteiger partial charge in [0.15, 0.2) is 0 Å². The van der Waals surface area contributed by atoms with Gasteiger partial charge in [-0.25, -0.2) is 0 Å². The first-order valence-electron chi connectivity index (χ1n) is 3.45. The summed E-state index contributed by atoms with van der Waals surface area (Å²) in [6, 6.07) is 0. The molecule has 4 nitrogen and oxygen atoms in total. The van der Waals surface area contributed by atoms with Crippen LogP contribution in [0.3, 0.4) is 0 Å². The molecule has 5 heteroatoms. The molecule has 0 unspecified atom stereocenters. The number of likely N-dealkylation sites (N-methyl/N-ethyl adjacent to an activating group) is 1. The van der Waals surface area contributed by atoms with Gasteiger partial charge in [-0.15, -0.1) is 0 Å². The van der Waals surface area contributed by atoms with Crippen LogP contribution in [-0.4, -0.2) is 23.4 Å². The van der Waals surface area contributed by atoms with Gasteiger partial charge in [0, 0.05) is 12.6 Å². The van der Waals surface area contributed by atoms with Crippen molar-refractivity contribution in [1.82, 2.24) is 4.90 Å². The van der Waals surface area contributed by atoms with Crippen LogP contribution in [0, 0.1) is 10.1 Å². The van der Waals surface area contributed by atoms with Crippen molar-refractivity contribution in [3.63, 3.8) is 0 Å². The number of halogens is 1. The third kappa shape index (κ3) is 1.58. The van der Waals surface area contributed by atoms with Crippen molar-refractivity contribution >= 4 is 11.6 Å². The number of nitro groups is 1. The second kappa shape index (κ2) is 3.15. The molecule has 12 heavy (non-hydrogen) atoms. The number of rotatable bonds is 1. The van der Waals surface area contributed by atoms with E-state index in [-0.39, 0.29) is 17.2 Å². The maximum atomic E-state index is 10.5. The van der Waals surface area contributed by atoms with Crippen LogP contribution in [0.2, 0.25) is 0 Å².